The third-order valence-corrected chi connectivity index (χ3v) is 7.01. The van der Waals surface area contributed by atoms with Crippen LogP contribution in [0.2, 0.25) is 5.02 Å². The van der Waals surface area contributed by atoms with Crippen molar-refractivity contribution in [3.05, 3.63) is 58.6 Å². The topological polar surface area (TPSA) is 69.7 Å². The summed E-state index contributed by atoms with van der Waals surface area (Å²) in [5.41, 5.74) is 0.0709. The molecule has 0 bridgehead atoms. The van der Waals surface area contributed by atoms with Crippen molar-refractivity contribution < 1.29 is 22.0 Å². The maximum Gasteiger partial charge on any atom is 0.257 e. The van der Waals surface area contributed by atoms with E-state index in [-0.39, 0.29) is 15.5 Å². The number of sulfonamides is 1. The summed E-state index contributed by atoms with van der Waals surface area (Å²) in [5.74, 6) is -3.08. The average molecular weight is 444 g/mol. The van der Waals surface area contributed by atoms with Crippen LogP contribution in [0.1, 0.15) is 17.3 Å². The van der Waals surface area contributed by atoms with Crippen molar-refractivity contribution in [3.63, 3.8) is 0 Å². The number of rotatable bonds is 5. The maximum atomic E-state index is 13.4. The lowest BCUT2D eigenvalue weighted by atomic mass is 10.2. The van der Waals surface area contributed by atoms with Gasteiger partial charge < -0.3 is 10.2 Å². The van der Waals surface area contributed by atoms with E-state index in [9.17, 15) is 22.0 Å². The van der Waals surface area contributed by atoms with Crippen LogP contribution < -0.4 is 5.32 Å². The second-order valence-electron chi connectivity index (χ2n) is 6.56. The maximum absolute atomic E-state index is 13.4. The first-order valence-electron chi connectivity index (χ1n) is 9.01. The first kappa shape index (κ1) is 21.6. The minimum absolute atomic E-state index is 0.117. The van der Waals surface area contributed by atoms with Gasteiger partial charge in [0.05, 0.1) is 15.5 Å². The molecule has 0 aliphatic carbocycles. The Bertz CT molecular complexity index is 1010. The molecular formula is C19H20ClF2N3O3S. The van der Waals surface area contributed by atoms with Gasteiger partial charge in [-0.25, -0.2) is 17.2 Å². The molecule has 156 valence electrons. The number of carbonyl (C=O) groups is 1. The zero-order valence-electron chi connectivity index (χ0n) is 15.7. The number of carbonyl (C=O) groups excluding carboxylic acids is 1. The molecule has 0 unspecified atom stereocenters. The fourth-order valence-electron chi connectivity index (χ4n) is 3.04. The zero-order chi connectivity index (χ0) is 21.2. The molecule has 1 heterocycles. The molecule has 29 heavy (non-hydrogen) atoms. The van der Waals surface area contributed by atoms with Gasteiger partial charge in [0.1, 0.15) is 0 Å². The Balaban J connectivity index is 1.72. The normalized spacial score (nSPS) is 16.0. The van der Waals surface area contributed by atoms with Crippen LogP contribution in [0.5, 0.6) is 0 Å². The Morgan fingerprint density at radius 3 is 2.24 bits per heavy atom. The highest BCUT2D eigenvalue weighted by Crippen LogP contribution is 2.23. The molecule has 0 radical (unpaired) electrons. The van der Waals surface area contributed by atoms with Gasteiger partial charge in [0.2, 0.25) is 10.0 Å². The van der Waals surface area contributed by atoms with Crippen molar-refractivity contribution in [1.29, 1.82) is 0 Å². The van der Waals surface area contributed by atoms with Crippen molar-refractivity contribution >= 4 is 33.2 Å². The summed E-state index contributed by atoms with van der Waals surface area (Å²) in [6, 6.07) is 7.08. The van der Waals surface area contributed by atoms with Crippen LogP contribution in [-0.4, -0.2) is 56.3 Å². The molecule has 0 saturated carbocycles. The van der Waals surface area contributed by atoms with Gasteiger partial charge in [0, 0.05) is 31.9 Å². The molecular weight excluding hydrogens is 424 g/mol. The standard InChI is InChI=1S/C19H20ClF2N3O3S/c1-2-24-7-9-25(10-8-24)29(27,28)14-5-3-13(4-6-14)23-19(26)15-11-17(21)18(22)12-16(15)20/h3-6,11-12H,2,7-10H2,1H3,(H,23,26). The molecule has 1 aliphatic heterocycles. The summed E-state index contributed by atoms with van der Waals surface area (Å²) in [7, 11) is -3.63. The monoisotopic (exact) mass is 443 g/mol. The van der Waals surface area contributed by atoms with Crippen LogP contribution in [0, 0.1) is 11.6 Å². The number of nitrogens with one attached hydrogen (secondary N) is 1. The van der Waals surface area contributed by atoms with Gasteiger partial charge in [0.15, 0.2) is 11.6 Å². The highest BCUT2D eigenvalue weighted by atomic mass is 35.5. The predicted molar refractivity (Wildman–Crippen MR) is 107 cm³/mol. The Kier molecular flexibility index (Phi) is 6.52. The molecule has 1 fully saturated rings. The lowest BCUT2D eigenvalue weighted by molar-refractivity contribution is 0.102. The van der Waals surface area contributed by atoms with Crippen molar-refractivity contribution in [2.24, 2.45) is 0 Å². The lowest BCUT2D eigenvalue weighted by Crippen LogP contribution is -2.48. The van der Waals surface area contributed by atoms with E-state index in [0.717, 1.165) is 12.6 Å². The highest BCUT2D eigenvalue weighted by Gasteiger charge is 2.28. The lowest BCUT2D eigenvalue weighted by Gasteiger charge is -2.33. The van der Waals surface area contributed by atoms with E-state index in [1.807, 2.05) is 6.92 Å². The van der Waals surface area contributed by atoms with Crippen LogP contribution >= 0.6 is 11.6 Å². The molecule has 10 heteroatoms. The minimum atomic E-state index is -3.63. The smallest absolute Gasteiger partial charge is 0.257 e. The van der Waals surface area contributed by atoms with Gasteiger partial charge in [-0.2, -0.15) is 4.31 Å². The number of piperazine rings is 1. The van der Waals surface area contributed by atoms with Gasteiger partial charge in [-0.15, -0.1) is 0 Å². The number of hydrogen-bond donors (Lipinski definition) is 1. The van der Waals surface area contributed by atoms with Crippen LogP contribution in [0.25, 0.3) is 0 Å². The van der Waals surface area contributed by atoms with Crippen LogP contribution in [0.4, 0.5) is 14.5 Å². The van der Waals surface area contributed by atoms with E-state index in [1.165, 1.54) is 28.6 Å². The molecule has 0 spiro atoms. The number of anilines is 1. The van der Waals surface area contributed by atoms with E-state index in [4.69, 9.17) is 11.6 Å². The number of halogens is 3. The Hall–Kier alpha value is -2.07. The predicted octanol–water partition coefficient (Wildman–Crippen LogP) is 3.20. The molecule has 3 rings (SSSR count). The summed E-state index contributed by atoms with van der Waals surface area (Å²) in [6.07, 6.45) is 0. The molecule has 1 saturated heterocycles. The minimum Gasteiger partial charge on any atom is -0.322 e. The van der Waals surface area contributed by atoms with Crippen molar-refractivity contribution in [2.75, 3.05) is 38.0 Å². The van der Waals surface area contributed by atoms with E-state index in [2.05, 4.69) is 10.2 Å². The first-order chi connectivity index (χ1) is 13.7. The van der Waals surface area contributed by atoms with Gasteiger partial charge in [-0.05, 0) is 42.9 Å². The summed E-state index contributed by atoms with van der Waals surface area (Å²) in [5, 5.41) is 2.26. The Morgan fingerprint density at radius 1 is 1.07 bits per heavy atom. The summed E-state index contributed by atoms with van der Waals surface area (Å²) in [4.78, 5) is 14.6. The SMILES string of the molecule is CCN1CCN(S(=O)(=O)c2ccc(NC(=O)c3cc(F)c(F)cc3Cl)cc2)CC1. The fraction of sp³-hybridized carbons (Fsp3) is 0.316. The second kappa shape index (κ2) is 8.74. The van der Waals surface area contributed by atoms with Gasteiger partial charge >= 0.3 is 0 Å². The van der Waals surface area contributed by atoms with Crippen molar-refractivity contribution in [3.8, 4) is 0 Å². The highest BCUT2D eigenvalue weighted by molar-refractivity contribution is 7.89. The summed E-state index contributed by atoms with van der Waals surface area (Å²) in [6.45, 7) is 5.11. The van der Waals surface area contributed by atoms with E-state index >= 15 is 0 Å². The van der Waals surface area contributed by atoms with Crippen molar-refractivity contribution in [2.45, 2.75) is 11.8 Å². The number of nitrogens with zero attached hydrogens (tertiary/aromatic N) is 2. The number of likely N-dealkylation sites (N-methyl/N-ethyl adjacent to an activating group) is 1. The summed E-state index contributed by atoms with van der Waals surface area (Å²) >= 11 is 5.80. The first-order valence-corrected chi connectivity index (χ1v) is 10.8. The Morgan fingerprint density at radius 2 is 1.66 bits per heavy atom. The molecule has 1 aliphatic rings. The molecule has 6 nitrogen and oxygen atoms in total. The molecule has 0 aromatic heterocycles. The zero-order valence-corrected chi connectivity index (χ0v) is 17.2. The fourth-order valence-corrected chi connectivity index (χ4v) is 4.70. The second-order valence-corrected chi connectivity index (χ2v) is 8.91. The number of benzene rings is 2. The van der Waals surface area contributed by atoms with Crippen LogP contribution in [0.15, 0.2) is 41.3 Å². The van der Waals surface area contributed by atoms with Crippen molar-refractivity contribution in [1.82, 2.24) is 9.21 Å². The van der Waals surface area contributed by atoms with Gasteiger partial charge in [0.25, 0.3) is 5.91 Å². The van der Waals surface area contributed by atoms with E-state index in [0.29, 0.717) is 37.9 Å². The molecule has 1 N–H and O–H groups in total. The van der Waals surface area contributed by atoms with Crippen LogP contribution in [0.3, 0.4) is 0 Å². The van der Waals surface area contributed by atoms with E-state index in [1.54, 1.807) is 0 Å². The largest absolute Gasteiger partial charge is 0.322 e. The molecule has 2 aromatic carbocycles. The molecule has 2 aromatic rings. The van der Waals surface area contributed by atoms with Gasteiger partial charge in [-0.1, -0.05) is 18.5 Å². The number of amides is 1. The quantitative estimate of drug-likeness (QED) is 0.720. The van der Waals surface area contributed by atoms with E-state index < -0.39 is 27.6 Å². The van der Waals surface area contributed by atoms with Crippen LogP contribution in [-0.2, 0) is 10.0 Å². The summed E-state index contributed by atoms with van der Waals surface area (Å²) < 4.78 is 53.5. The molecule has 0 atom stereocenters. The molecule has 1 amide bonds. The number of hydrogen-bond acceptors (Lipinski definition) is 4. The Labute approximate surface area is 173 Å². The third kappa shape index (κ3) is 4.75. The average Bonchev–Trinajstić information content (AvgIpc) is 2.71. The van der Waals surface area contributed by atoms with Gasteiger partial charge in [-0.3, -0.25) is 4.79 Å². The third-order valence-electron chi connectivity index (χ3n) is 4.78.